The second-order valence-corrected chi connectivity index (χ2v) is 6.75. The minimum atomic E-state index is -0.252. The Labute approximate surface area is 138 Å². The van der Waals surface area contributed by atoms with Crippen LogP contribution in [0.1, 0.15) is 38.8 Å². The summed E-state index contributed by atoms with van der Waals surface area (Å²) in [6, 6.07) is 6.35. The van der Waals surface area contributed by atoms with Crippen molar-refractivity contribution in [3.05, 3.63) is 51.2 Å². The Kier molecular flexibility index (Phi) is 5.03. The molecule has 122 valence electrons. The molecular weight excluding hydrogens is 315 g/mol. The van der Waals surface area contributed by atoms with E-state index in [1.54, 1.807) is 12.1 Å². The minimum Gasteiger partial charge on any atom is -0.376 e. The smallest absolute Gasteiger partial charge is 0.263 e. The molecule has 0 bridgehead atoms. The third-order valence-corrected chi connectivity index (χ3v) is 4.99. The lowest BCUT2D eigenvalue weighted by atomic mass is 10.1. The van der Waals surface area contributed by atoms with E-state index in [-0.39, 0.29) is 17.8 Å². The molecule has 1 aromatic heterocycles. The topological polar surface area (TPSA) is 51.2 Å². The van der Waals surface area contributed by atoms with Crippen LogP contribution in [0.15, 0.2) is 24.3 Å². The number of rotatable bonds is 5. The van der Waals surface area contributed by atoms with Gasteiger partial charge in [-0.25, -0.2) is 9.37 Å². The number of nitrogens with zero attached hydrogens (tertiary/aromatic N) is 1. The summed E-state index contributed by atoms with van der Waals surface area (Å²) in [6.45, 7) is 3.16. The van der Waals surface area contributed by atoms with Gasteiger partial charge in [-0.05, 0) is 37.5 Å². The van der Waals surface area contributed by atoms with Gasteiger partial charge < -0.3 is 10.1 Å². The van der Waals surface area contributed by atoms with Crippen LogP contribution in [0.4, 0.5) is 4.39 Å². The number of benzene rings is 1. The molecule has 0 saturated carbocycles. The van der Waals surface area contributed by atoms with Gasteiger partial charge in [0.2, 0.25) is 0 Å². The second-order valence-electron chi connectivity index (χ2n) is 5.67. The second kappa shape index (κ2) is 7.19. The molecule has 0 spiro atoms. The monoisotopic (exact) mass is 334 g/mol. The van der Waals surface area contributed by atoms with Crippen molar-refractivity contribution < 1.29 is 13.9 Å². The maximum Gasteiger partial charge on any atom is 0.263 e. The molecule has 1 N–H and O–H groups in total. The summed E-state index contributed by atoms with van der Waals surface area (Å²) < 4.78 is 18.4. The Hall–Kier alpha value is -1.79. The third-order valence-electron chi connectivity index (χ3n) is 3.83. The number of thiazole rings is 1. The van der Waals surface area contributed by atoms with E-state index < -0.39 is 0 Å². The SMILES string of the molecule is Cc1nc(Cc2ccc(F)cc2)sc1C(=O)NCC1CCCO1. The summed E-state index contributed by atoms with van der Waals surface area (Å²) in [7, 11) is 0. The highest BCUT2D eigenvalue weighted by Gasteiger charge is 2.19. The molecule has 1 atom stereocenters. The van der Waals surface area contributed by atoms with Gasteiger partial charge in [-0.15, -0.1) is 11.3 Å². The number of hydrogen-bond donors (Lipinski definition) is 1. The van der Waals surface area contributed by atoms with Crippen LogP contribution in [-0.2, 0) is 11.2 Å². The quantitative estimate of drug-likeness (QED) is 0.914. The number of aryl methyl sites for hydroxylation is 1. The first-order valence-electron chi connectivity index (χ1n) is 7.72. The van der Waals surface area contributed by atoms with Crippen molar-refractivity contribution in [3.63, 3.8) is 0 Å². The highest BCUT2D eigenvalue weighted by atomic mass is 32.1. The van der Waals surface area contributed by atoms with E-state index in [0.717, 1.165) is 35.7 Å². The highest BCUT2D eigenvalue weighted by Crippen LogP contribution is 2.21. The lowest BCUT2D eigenvalue weighted by Gasteiger charge is -2.09. The van der Waals surface area contributed by atoms with Crippen molar-refractivity contribution in [2.45, 2.75) is 32.3 Å². The fourth-order valence-corrected chi connectivity index (χ4v) is 3.62. The van der Waals surface area contributed by atoms with Crippen LogP contribution >= 0.6 is 11.3 Å². The van der Waals surface area contributed by atoms with Gasteiger partial charge in [-0.3, -0.25) is 4.79 Å². The first kappa shape index (κ1) is 16.1. The standard InChI is InChI=1S/C17H19FN2O2S/c1-11-16(17(21)19-10-14-3-2-8-22-14)23-15(20-11)9-12-4-6-13(18)7-5-12/h4-7,14H,2-3,8-10H2,1H3,(H,19,21). The fraction of sp³-hybridized carbons (Fsp3) is 0.412. The number of aromatic nitrogens is 1. The molecule has 23 heavy (non-hydrogen) atoms. The van der Waals surface area contributed by atoms with Crippen molar-refractivity contribution in [3.8, 4) is 0 Å². The average Bonchev–Trinajstić information content (AvgIpc) is 3.17. The first-order valence-corrected chi connectivity index (χ1v) is 8.54. The molecule has 0 radical (unpaired) electrons. The molecule has 6 heteroatoms. The molecule has 1 aromatic carbocycles. The van der Waals surface area contributed by atoms with E-state index in [1.165, 1.54) is 23.5 Å². The van der Waals surface area contributed by atoms with Crippen molar-refractivity contribution in [1.82, 2.24) is 10.3 Å². The van der Waals surface area contributed by atoms with Crippen LogP contribution < -0.4 is 5.32 Å². The molecular formula is C17H19FN2O2S. The molecule has 1 aliphatic rings. The van der Waals surface area contributed by atoms with Crippen molar-refractivity contribution in [2.24, 2.45) is 0 Å². The lowest BCUT2D eigenvalue weighted by Crippen LogP contribution is -2.31. The van der Waals surface area contributed by atoms with Gasteiger partial charge in [-0.2, -0.15) is 0 Å². The van der Waals surface area contributed by atoms with Crippen LogP contribution in [0.3, 0.4) is 0 Å². The molecule has 1 fully saturated rings. The first-order chi connectivity index (χ1) is 11.1. The van der Waals surface area contributed by atoms with Crippen LogP contribution in [0.2, 0.25) is 0 Å². The Bertz CT molecular complexity index is 678. The van der Waals surface area contributed by atoms with E-state index in [1.807, 2.05) is 6.92 Å². The zero-order valence-electron chi connectivity index (χ0n) is 13.0. The van der Waals surface area contributed by atoms with Crippen LogP contribution in [0.25, 0.3) is 0 Å². The summed E-state index contributed by atoms with van der Waals surface area (Å²) in [5.74, 6) is -0.348. The summed E-state index contributed by atoms with van der Waals surface area (Å²) in [5.41, 5.74) is 1.71. The molecule has 1 saturated heterocycles. The van der Waals surface area contributed by atoms with E-state index in [0.29, 0.717) is 17.8 Å². The molecule has 0 aliphatic carbocycles. The summed E-state index contributed by atoms with van der Waals surface area (Å²) >= 11 is 1.39. The van der Waals surface area contributed by atoms with E-state index in [2.05, 4.69) is 10.3 Å². The van der Waals surface area contributed by atoms with Gasteiger partial charge >= 0.3 is 0 Å². The lowest BCUT2D eigenvalue weighted by molar-refractivity contribution is 0.0860. The van der Waals surface area contributed by atoms with Crippen LogP contribution in [0.5, 0.6) is 0 Å². The number of carbonyl (C=O) groups is 1. The molecule has 1 amide bonds. The average molecular weight is 334 g/mol. The maximum atomic E-state index is 12.9. The maximum absolute atomic E-state index is 12.9. The number of ether oxygens (including phenoxy) is 1. The molecule has 4 nitrogen and oxygen atoms in total. The fourth-order valence-electron chi connectivity index (χ4n) is 2.61. The largest absolute Gasteiger partial charge is 0.376 e. The Morgan fingerprint density at radius 3 is 2.91 bits per heavy atom. The van der Waals surface area contributed by atoms with Gasteiger partial charge in [0.1, 0.15) is 10.7 Å². The van der Waals surface area contributed by atoms with Gasteiger partial charge in [-0.1, -0.05) is 12.1 Å². The summed E-state index contributed by atoms with van der Waals surface area (Å²) in [5, 5.41) is 3.78. The number of carbonyl (C=O) groups excluding carboxylic acids is 1. The van der Waals surface area contributed by atoms with E-state index >= 15 is 0 Å². The summed E-state index contributed by atoms with van der Waals surface area (Å²) in [4.78, 5) is 17.4. The van der Waals surface area contributed by atoms with Crippen LogP contribution in [0, 0.1) is 12.7 Å². The predicted molar refractivity (Wildman–Crippen MR) is 87.4 cm³/mol. The molecule has 1 aliphatic heterocycles. The zero-order valence-corrected chi connectivity index (χ0v) is 13.8. The Morgan fingerprint density at radius 2 is 2.22 bits per heavy atom. The number of amides is 1. The van der Waals surface area contributed by atoms with Crippen molar-refractivity contribution >= 4 is 17.2 Å². The van der Waals surface area contributed by atoms with Gasteiger partial charge in [0.05, 0.1) is 16.8 Å². The number of nitrogens with one attached hydrogen (secondary N) is 1. The normalized spacial score (nSPS) is 17.4. The van der Waals surface area contributed by atoms with Gasteiger partial charge in [0, 0.05) is 19.6 Å². The number of hydrogen-bond acceptors (Lipinski definition) is 4. The van der Waals surface area contributed by atoms with Crippen molar-refractivity contribution in [2.75, 3.05) is 13.2 Å². The number of halogens is 1. The molecule has 1 unspecified atom stereocenters. The van der Waals surface area contributed by atoms with Gasteiger partial charge in [0.25, 0.3) is 5.91 Å². The summed E-state index contributed by atoms with van der Waals surface area (Å²) in [6.07, 6.45) is 2.79. The predicted octanol–water partition coefficient (Wildman–Crippen LogP) is 3.09. The molecule has 2 aromatic rings. The molecule has 3 rings (SSSR count). The van der Waals surface area contributed by atoms with Gasteiger partial charge in [0.15, 0.2) is 0 Å². The van der Waals surface area contributed by atoms with Crippen molar-refractivity contribution in [1.29, 1.82) is 0 Å². The zero-order chi connectivity index (χ0) is 16.2. The highest BCUT2D eigenvalue weighted by molar-refractivity contribution is 7.13. The third kappa shape index (κ3) is 4.14. The molecule has 2 heterocycles. The Morgan fingerprint density at radius 1 is 1.43 bits per heavy atom. The minimum absolute atomic E-state index is 0.0964. The van der Waals surface area contributed by atoms with E-state index in [4.69, 9.17) is 4.74 Å². The van der Waals surface area contributed by atoms with Crippen LogP contribution in [-0.4, -0.2) is 30.1 Å². The Balaban J connectivity index is 1.62. The van der Waals surface area contributed by atoms with E-state index in [9.17, 15) is 9.18 Å².